The van der Waals surface area contributed by atoms with Crippen LogP contribution in [-0.2, 0) is 0 Å². The van der Waals surface area contributed by atoms with E-state index < -0.39 is 0 Å². The fourth-order valence-corrected chi connectivity index (χ4v) is 2.69. The molecule has 2 aromatic rings. The van der Waals surface area contributed by atoms with Crippen LogP contribution in [-0.4, -0.2) is 12.0 Å². The van der Waals surface area contributed by atoms with Crippen LogP contribution >= 0.6 is 27.3 Å². The van der Waals surface area contributed by atoms with E-state index in [1.165, 1.54) is 11.3 Å². The second-order valence-electron chi connectivity index (χ2n) is 3.27. The molecule has 0 radical (unpaired) electrons. The van der Waals surface area contributed by atoms with E-state index in [2.05, 4.69) is 26.2 Å². The van der Waals surface area contributed by atoms with E-state index in [1.807, 2.05) is 13.1 Å². The van der Waals surface area contributed by atoms with E-state index in [-0.39, 0.29) is 11.9 Å². The van der Waals surface area contributed by atoms with Gasteiger partial charge >= 0.3 is 0 Å². The van der Waals surface area contributed by atoms with Gasteiger partial charge in [0.15, 0.2) is 0 Å². The molecule has 0 aliphatic heterocycles. The van der Waals surface area contributed by atoms with Gasteiger partial charge in [-0.15, -0.1) is 11.3 Å². The molecule has 0 aliphatic rings. The van der Waals surface area contributed by atoms with Gasteiger partial charge in [0.25, 0.3) is 0 Å². The number of hydrogen-bond acceptors (Lipinski definition) is 3. The van der Waals surface area contributed by atoms with E-state index in [1.54, 1.807) is 23.8 Å². The zero-order valence-corrected chi connectivity index (χ0v) is 11.0. The van der Waals surface area contributed by atoms with Crippen molar-refractivity contribution in [3.63, 3.8) is 0 Å². The van der Waals surface area contributed by atoms with Crippen LogP contribution in [0.5, 0.6) is 0 Å². The number of aromatic nitrogens is 1. The standard InChI is InChI=1S/C11H10BrFN2S/c1-14-11(9-5-15-6-16-9)7-3-2-4-8(12)10(7)13/h2-6,11,14H,1H3. The largest absolute Gasteiger partial charge is 0.309 e. The average molecular weight is 301 g/mol. The first-order chi connectivity index (χ1) is 7.74. The minimum Gasteiger partial charge on any atom is -0.309 e. The predicted octanol–water partition coefficient (Wildman–Crippen LogP) is 3.35. The van der Waals surface area contributed by atoms with Crippen molar-refractivity contribution >= 4 is 27.3 Å². The molecule has 1 aromatic carbocycles. The van der Waals surface area contributed by atoms with Gasteiger partial charge < -0.3 is 5.32 Å². The maximum absolute atomic E-state index is 13.9. The Morgan fingerprint density at radius 1 is 1.50 bits per heavy atom. The van der Waals surface area contributed by atoms with E-state index in [9.17, 15) is 4.39 Å². The fourth-order valence-electron chi connectivity index (χ4n) is 1.56. The summed E-state index contributed by atoms with van der Waals surface area (Å²) in [6.07, 6.45) is 1.76. The molecule has 16 heavy (non-hydrogen) atoms. The lowest BCUT2D eigenvalue weighted by Crippen LogP contribution is -2.18. The maximum Gasteiger partial charge on any atom is 0.142 e. The third kappa shape index (κ3) is 2.16. The molecule has 0 saturated heterocycles. The molecule has 2 rings (SSSR count). The second-order valence-corrected chi connectivity index (χ2v) is 5.04. The van der Waals surface area contributed by atoms with Crippen LogP contribution in [0.3, 0.4) is 0 Å². The van der Waals surface area contributed by atoms with E-state index in [0.717, 1.165) is 4.88 Å². The molecular weight excluding hydrogens is 291 g/mol. The maximum atomic E-state index is 13.9. The van der Waals surface area contributed by atoms with Crippen molar-refractivity contribution in [3.8, 4) is 0 Å². The van der Waals surface area contributed by atoms with Crippen molar-refractivity contribution in [1.82, 2.24) is 10.3 Å². The van der Waals surface area contributed by atoms with Gasteiger partial charge in [0.1, 0.15) is 5.82 Å². The summed E-state index contributed by atoms with van der Waals surface area (Å²) in [5, 5.41) is 3.10. The van der Waals surface area contributed by atoms with Crippen molar-refractivity contribution in [2.75, 3.05) is 7.05 Å². The SMILES string of the molecule is CNC(c1cncs1)c1cccc(Br)c1F. The van der Waals surface area contributed by atoms with Crippen LogP contribution in [0.25, 0.3) is 0 Å². The molecule has 0 fully saturated rings. The smallest absolute Gasteiger partial charge is 0.142 e. The molecular formula is C11H10BrFN2S. The number of nitrogens with zero attached hydrogens (tertiary/aromatic N) is 1. The molecule has 2 nitrogen and oxygen atoms in total. The van der Waals surface area contributed by atoms with Crippen LogP contribution in [0.4, 0.5) is 4.39 Å². The highest BCUT2D eigenvalue weighted by Crippen LogP contribution is 2.29. The molecule has 1 heterocycles. The number of rotatable bonds is 3. The lowest BCUT2D eigenvalue weighted by atomic mass is 10.1. The third-order valence-electron chi connectivity index (χ3n) is 2.32. The van der Waals surface area contributed by atoms with Crippen LogP contribution < -0.4 is 5.32 Å². The van der Waals surface area contributed by atoms with Gasteiger partial charge in [0, 0.05) is 16.6 Å². The molecule has 1 N–H and O–H groups in total. The first-order valence-electron chi connectivity index (χ1n) is 4.73. The number of thiazole rings is 1. The first kappa shape index (κ1) is 11.7. The Labute approximate surface area is 106 Å². The number of hydrogen-bond donors (Lipinski definition) is 1. The van der Waals surface area contributed by atoms with E-state index >= 15 is 0 Å². The summed E-state index contributed by atoms with van der Waals surface area (Å²) in [5.74, 6) is -0.227. The van der Waals surface area contributed by atoms with Crippen LogP contribution in [0.2, 0.25) is 0 Å². The Hall–Kier alpha value is -0.780. The summed E-state index contributed by atoms with van der Waals surface area (Å²) in [7, 11) is 1.81. The van der Waals surface area contributed by atoms with Crippen molar-refractivity contribution < 1.29 is 4.39 Å². The minimum absolute atomic E-state index is 0.148. The van der Waals surface area contributed by atoms with Crippen molar-refractivity contribution in [2.24, 2.45) is 0 Å². The zero-order chi connectivity index (χ0) is 11.5. The highest BCUT2D eigenvalue weighted by atomic mass is 79.9. The molecule has 1 aromatic heterocycles. The Morgan fingerprint density at radius 3 is 2.94 bits per heavy atom. The summed E-state index contributed by atoms with van der Waals surface area (Å²) in [6.45, 7) is 0. The van der Waals surface area contributed by atoms with Gasteiger partial charge in [0.2, 0.25) is 0 Å². The monoisotopic (exact) mass is 300 g/mol. The third-order valence-corrected chi connectivity index (χ3v) is 3.77. The Balaban J connectivity index is 2.45. The van der Waals surface area contributed by atoms with Crippen molar-refractivity contribution in [2.45, 2.75) is 6.04 Å². The normalized spacial score (nSPS) is 12.7. The van der Waals surface area contributed by atoms with Gasteiger partial charge in [-0.1, -0.05) is 12.1 Å². The summed E-state index contributed by atoms with van der Waals surface area (Å²) in [6, 6.07) is 5.15. The molecule has 0 bridgehead atoms. The van der Waals surface area contributed by atoms with Crippen molar-refractivity contribution in [3.05, 3.63) is 50.6 Å². The summed E-state index contributed by atoms with van der Waals surface area (Å²) in [5.41, 5.74) is 2.37. The van der Waals surface area contributed by atoms with Gasteiger partial charge in [-0.2, -0.15) is 0 Å². The molecule has 0 amide bonds. The molecule has 0 saturated carbocycles. The average Bonchev–Trinajstić information content (AvgIpc) is 2.79. The lowest BCUT2D eigenvalue weighted by molar-refractivity contribution is 0.573. The Bertz CT molecular complexity index is 473. The number of halogens is 2. The minimum atomic E-state index is -0.227. The summed E-state index contributed by atoms with van der Waals surface area (Å²) in [4.78, 5) is 5.01. The highest BCUT2D eigenvalue weighted by Gasteiger charge is 2.18. The number of benzene rings is 1. The molecule has 1 unspecified atom stereocenters. The Morgan fingerprint density at radius 2 is 2.31 bits per heavy atom. The van der Waals surface area contributed by atoms with Gasteiger partial charge in [-0.25, -0.2) is 4.39 Å². The van der Waals surface area contributed by atoms with Gasteiger partial charge in [-0.05, 0) is 29.0 Å². The van der Waals surface area contributed by atoms with Crippen molar-refractivity contribution in [1.29, 1.82) is 0 Å². The molecule has 84 valence electrons. The Kier molecular flexibility index (Phi) is 3.68. The topological polar surface area (TPSA) is 24.9 Å². The second kappa shape index (κ2) is 5.03. The lowest BCUT2D eigenvalue weighted by Gasteiger charge is -2.15. The van der Waals surface area contributed by atoms with E-state index in [4.69, 9.17) is 0 Å². The number of nitrogens with one attached hydrogen (secondary N) is 1. The predicted molar refractivity (Wildman–Crippen MR) is 67.1 cm³/mol. The highest BCUT2D eigenvalue weighted by molar-refractivity contribution is 9.10. The van der Waals surface area contributed by atoms with E-state index in [0.29, 0.717) is 10.0 Å². The summed E-state index contributed by atoms with van der Waals surface area (Å²) < 4.78 is 14.4. The molecule has 5 heteroatoms. The van der Waals surface area contributed by atoms with Gasteiger partial charge in [0.05, 0.1) is 16.0 Å². The first-order valence-corrected chi connectivity index (χ1v) is 6.41. The van der Waals surface area contributed by atoms with Crippen LogP contribution in [0, 0.1) is 5.82 Å². The quantitative estimate of drug-likeness (QED) is 0.940. The fraction of sp³-hybridized carbons (Fsp3) is 0.182. The summed E-state index contributed by atoms with van der Waals surface area (Å²) >= 11 is 4.70. The van der Waals surface area contributed by atoms with Crippen LogP contribution in [0.15, 0.2) is 34.4 Å². The van der Waals surface area contributed by atoms with Crippen LogP contribution in [0.1, 0.15) is 16.5 Å². The molecule has 0 spiro atoms. The van der Waals surface area contributed by atoms with Gasteiger partial charge in [-0.3, -0.25) is 4.98 Å². The molecule has 0 aliphatic carbocycles. The zero-order valence-electron chi connectivity index (χ0n) is 8.58. The molecule has 1 atom stereocenters.